The molecule has 0 fully saturated rings. The van der Waals surface area contributed by atoms with Crippen LogP contribution in [0, 0.1) is 5.92 Å². The molecule has 4 nitrogen and oxygen atoms in total. The van der Waals surface area contributed by atoms with Crippen LogP contribution in [-0.4, -0.2) is 16.5 Å². The maximum Gasteiger partial charge on any atom is 0.252 e. The van der Waals surface area contributed by atoms with E-state index in [0.29, 0.717) is 5.95 Å². The summed E-state index contributed by atoms with van der Waals surface area (Å²) in [6, 6.07) is 1.40. The van der Waals surface area contributed by atoms with Crippen LogP contribution in [0.5, 0.6) is 0 Å². The van der Waals surface area contributed by atoms with Gasteiger partial charge in [0.2, 0.25) is 5.95 Å². The summed E-state index contributed by atoms with van der Waals surface area (Å²) in [7, 11) is 0. The van der Waals surface area contributed by atoms with Crippen molar-refractivity contribution < 1.29 is 0 Å². The van der Waals surface area contributed by atoms with Crippen LogP contribution >= 0.6 is 0 Å². The van der Waals surface area contributed by atoms with Crippen LogP contribution < -0.4 is 10.9 Å². The van der Waals surface area contributed by atoms with Gasteiger partial charge in [0.15, 0.2) is 0 Å². The molecular weight excluding hydrogens is 178 g/mol. The fraction of sp³-hybridized carbons (Fsp3) is 0.600. The Morgan fingerprint density at radius 2 is 2.36 bits per heavy atom. The smallest absolute Gasteiger partial charge is 0.252 e. The number of nitrogens with zero attached hydrogens (tertiary/aromatic N) is 1. The van der Waals surface area contributed by atoms with Gasteiger partial charge in [0.25, 0.3) is 5.56 Å². The average molecular weight is 195 g/mol. The zero-order valence-corrected chi connectivity index (χ0v) is 8.71. The summed E-state index contributed by atoms with van der Waals surface area (Å²) in [5.74, 6) is 1.28. The van der Waals surface area contributed by atoms with Crippen LogP contribution in [0.3, 0.4) is 0 Å². The molecular formula is C10H17N3O. The van der Waals surface area contributed by atoms with Crippen molar-refractivity contribution in [2.24, 2.45) is 5.92 Å². The minimum absolute atomic E-state index is 0.119. The summed E-state index contributed by atoms with van der Waals surface area (Å²) in [4.78, 5) is 17.5. The molecule has 2 N–H and O–H groups in total. The number of hydrogen-bond acceptors (Lipinski definition) is 3. The maximum absolute atomic E-state index is 10.9. The average Bonchev–Trinajstić information content (AvgIpc) is 2.12. The van der Waals surface area contributed by atoms with Gasteiger partial charge in [-0.15, -0.1) is 0 Å². The van der Waals surface area contributed by atoms with Gasteiger partial charge in [0, 0.05) is 18.8 Å². The fourth-order valence-corrected chi connectivity index (χ4v) is 1.18. The topological polar surface area (TPSA) is 57.8 Å². The lowest BCUT2D eigenvalue weighted by molar-refractivity contribution is 0.566. The van der Waals surface area contributed by atoms with Crippen LogP contribution in [0.4, 0.5) is 5.95 Å². The van der Waals surface area contributed by atoms with Gasteiger partial charge in [-0.1, -0.05) is 13.8 Å². The van der Waals surface area contributed by atoms with E-state index in [1.807, 2.05) is 0 Å². The van der Waals surface area contributed by atoms with Gasteiger partial charge in [-0.3, -0.25) is 9.78 Å². The van der Waals surface area contributed by atoms with Crippen LogP contribution in [0.2, 0.25) is 0 Å². The Kier molecular flexibility index (Phi) is 4.16. The zero-order chi connectivity index (χ0) is 10.4. The second-order valence-corrected chi connectivity index (χ2v) is 3.75. The number of rotatable bonds is 5. The quantitative estimate of drug-likeness (QED) is 0.702. The minimum atomic E-state index is -0.119. The number of anilines is 1. The molecule has 0 radical (unpaired) electrons. The van der Waals surface area contributed by atoms with E-state index >= 15 is 0 Å². The molecule has 0 aliphatic carbocycles. The molecule has 0 spiro atoms. The predicted molar refractivity (Wildman–Crippen MR) is 57.4 cm³/mol. The summed E-state index contributed by atoms with van der Waals surface area (Å²) in [5.41, 5.74) is -0.119. The number of nitrogens with one attached hydrogen (secondary N) is 2. The van der Waals surface area contributed by atoms with E-state index in [0.717, 1.165) is 18.9 Å². The van der Waals surface area contributed by atoms with Crippen molar-refractivity contribution in [3.8, 4) is 0 Å². The number of hydrogen-bond donors (Lipinski definition) is 2. The van der Waals surface area contributed by atoms with Gasteiger partial charge in [-0.25, -0.2) is 4.98 Å². The molecule has 0 saturated carbocycles. The monoisotopic (exact) mass is 195 g/mol. The van der Waals surface area contributed by atoms with E-state index in [1.54, 1.807) is 0 Å². The van der Waals surface area contributed by atoms with Crippen LogP contribution in [0.1, 0.15) is 26.7 Å². The van der Waals surface area contributed by atoms with Gasteiger partial charge in [-0.2, -0.15) is 0 Å². The molecule has 1 heterocycles. The highest BCUT2D eigenvalue weighted by molar-refractivity contribution is 5.21. The zero-order valence-electron chi connectivity index (χ0n) is 8.71. The Morgan fingerprint density at radius 3 is 3.00 bits per heavy atom. The van der Waals surface area contributed by atoms with E-state index in [-0.39, 0.29) is 5.56 Å². The molecule has 0 bridgehead atoms. The highest BCUT2D eigenvalue weighted by Gasteiger charge is 1.95. The second-order valence-electron chi connectivity index (χ2n) is 3.75. The Balaban J connectivity index is 2.28. The third kappa shape index (κ3) is 4.07. The first-order valence-corrected chi connectivity index (χ1v) is 4.97. The second kappa shape index (κ2) is 5.42. The lowest BCUT2D eigenvalue weighted by Crippen LogP contribution is -2.12. The molecule has 14 heavy (non-hydrogen) atoms. The lowest BCUT2D eigenvalue weighted by atomic mass is 10.1. The van der Waals surface area contributed by atoms with Crippen molar-refractivity contribution in [3.05, 3.63) is 22.6 Å². The van der Waals surface area contributed by atoms with Gasteiger partial charge in [0.1, 0.15) is 0 Å². The molecule has 1 rings (SSSR count). The first kappa shape index (κ1) is 10.8. The molecule has 0 aromatic carbocycles. The summed E-state index contributed by atoms with van der Waals surface area (Å²) in [6.07, 6.45) is 3.78. The van der Waals surface area contributed by atoms with Crippen molar-refractivity contribution in [2.45, 2.75) is 26.7 Å². The molecule has 0 aliphatic rings. The largest absolute Gasteiger partial charge is 0.356 e. The van der Waals surface area contributed by atoms with Crippen molar-refractivity contribution in [2.75, 3.05) is 11.9 Å². The fourth-order valence-electron chi connectivity index (χ4n) is 1.18. The molecule has 78 valence electrons. The van der Waals surface area contributed by atoms with Crippen LogP contribution in [0.15, 0.2) is 17.1 Å². The SMILES string of the molecule is CC(C)CCCNc1nccc(=O)[nH]1. The summed E-state index contributed by atoms with van der Waals surface area (Å²) < 4.78 is 0. The van der Waals surface area contributed by atoms with Gasteiger partial charge in [0.05, 0.1) is 0 Å². The lowest BCUT2D eigenvalue weighted by Gasteiger charge is -2.06. The first-order valence-electron chi connectivity index (χ1n) is 4.97. The number of aromatic nitrogens is 2. The molecule has 0 unspecified atom stereocenters. The molecule has 0 amide bonds. The highest BCUT2D eigenvalue weighted by Crippen LogP contribution is 2.03. The van der Waals surface area contributed by atoms with Crippen molar-refractivity contribution in [3.63, 3.8) is 0 Å². The third-order valence-electron chi connectivity index (χ3n) is 1.92. The molecule has 1 aromatic rings. The van der Waals surface area contributed by atoms with Crippen LogP contribution in [0.25, 0.3) is 0 Å². The van der Waals surface area contributed by atoms with E-state index in [2.05, 4.69) is 29.1 Å². The first-order chi connectivity index (χ1) is 6.68. The Hall–Kier alpha value is -1.32. The summed E-state index contributed by atoms with van der Waals surface area (Å²) in [6.45, 7) is 5.25. The molecule has 0 aliphatic heterocycles. The van der Waals surface area contributed by atoms with Gasteiger partial charge in [-0.05, 0) is 18.8 Å². The Bertz CT molecular complexity index is 319. The third-order valence-corrected chi connectivity index (χ3v) is 1.92. The van der Waals surface area contributed by atoms with Gasteiger partial charge >= 0.3 is 0 Å². The molecule has 1 aromatic heterocycles. The molecule has 0 atom stereocenters. The standard InChI is InChI=1S/C10H17N3O/c1-8(2)4-3-6-11-10-12-7-5-9(14)13-10/h5,7-8H,3-4,6H2,1-2H3,(H2,11,12,13,14). The van der Waals surface area contributed by atoms with E-state index in [1.165, 1.54) is 18.7 Å². The normalized spacial score (nSPS) is 10.5. The van der Waals surface area contributed by atoms with E-state index in [4.69, 9.17) is 0 Å². The summed E-state index contributed by atoms with van der Waals surface area (Å²) in [5, 5.41) is 3.07. The number of aromatic amines is 1. The Labute approximate surface area is 83.8 Å². The Morgan fingerprint density at radius 1 is 1.57 bits per heavy atom. The van der Waals surface area contributed by atoms with Gasteiger partial charge < -0.3 is 5.32 Å². The number of H-pyrrole nitrogens is 1. The van der Waals surface area contributed by atoms with E-state index < -0.39 is 0 Å². The van der Waals surface area contributed by atoms with Crippen molar-refractivity contribution >= 4 is 5.95 Å². The van der Waals surface area contributed by atoms with E-state index in [9.17, 15) is 4.79 Å². The molecule has 4 heteroatoms. The predicted octanol–water partition coefficient (Wildman–Crippen LogP) is 1.62. The highest BCUT2D eigenvalue weighted by atomic mass is 16.1. The minimum Gasteiger partial charge on any atom is -0.356 e. The van der Waals surface area contributed by atoms with Crippen molar-refractivity contribution in [1.82, 2.24) is 9.97 Å². The maximum atomic E-state index is 10.9. The van der Waals surface area contributed by atoms with Crippen molar-refractivity contribution in [1.29, 1.82) is 0 Å². The van der Waals surface area contributed by atoms with Crippen LogP contribution in [-0.2, 0) is 0 Å². The summed E-state index contributed by atoms with van der Waals surface area (Å²) >= 11 is 0. The molecule has 0 saturated heterocycles.